The van der Waals surface area contributed by atoms with Crippen LogP contribution in [0.4, 0.5) is 0 Å². The Hall–Kier alpha value is 0.604. The predicted molar refractivity (Wildman–Crippen MR) is 167 cm³/mol. The summed E-state index contributed by atoms with van der Waals surface area (Å²) in [6.45, 7) is 26.9. The molecule has 14 heteroatoms. The first-order valence-electron chi connectivity index (χ1n) is 14.1. The number of aliphatic hydroxyl groups is 1. The second-order valence-electron chi connectivity index (χ2n) is 14.4. The summed E-state index contributed by atoms with van der Waals surface area (Å²) in [7, 11) is -10.4. The summed E-state index contributed by atoms with van der Waals surface area (Å²) < 4.78 is 55.5. The molecule has 40 heavy (non-hydrogen) atoms. The van der Waals surface area contributed by atoms with Crippen LogP contribution in [0.5, 0.6) is 0 Å². The van der Waals surface area contributed by atoms with E-state index in [9.17, 15) is 14.6 Å². The van der Waals surface area contributed by atoms with Crippen molar-refractivity contribution in [3.8, 4) is 0 Å². The van der Waals surface area contributed by atoms with Gasteiger partial charge in [0.2, 0.25) is 0 Å². The average molecular weight is 647 g/mol. The minimum absolute atomic E-state index is 0.0168. The molecule has 2 aliphatic rings. The Morgan fingerprint density at radius 1 is 0.850 bits per heavy atom. The minimum Gasteiger partial charge on any atom is -0.409 e. The zero-order valence-electron chi connectivity index (χ0n) is 26.8. The van der Waals surface area contributed by atoms with Crippen molar-refractivity contribution < 1.29 is 46.5 Å². The maximum Gasteiger partial charge on any atom is 0.317 e. The van der Waals surface area contributed by atoms with Gasteiger partial charge in [0.1, 0.15) is 44.0 Å². The average Bonchev–Trinajstić information content (AvgIpc) is 3.20. The lowest BCUT2D eigenvalue weighted by Crippen LogP contribution is -2.49. The summed E-state index contributed by atoms with van der Waals surface area (Å²) in [5.41, 5.74) is 0. The zero-order chi connectivity index (χ0) is 31.1. The van der Waals surface area contributed by atoms with E-state index in [0.29, 0.717) is 0 Å². The quantitative estimate of drug-likeness (QED) is 0.210. The Kier molecular flexibility index (Phi) is 12.2. The van der Waals surface area contributed by atoms with Crippen molar-refractivity contribution in [2.24, 2.45) is 0 Å². The lowest BCUT2D eigenvalue weighted by molar-refractivity contribution is -0.0201. The monoisotopic (exact) mass is 646 g/mol. The van der Waals surface area contributed by atoms with Gasteiger partial charge >= 0.3 is 8.25 Å². The molecule has 0 aliphatic carbocycles. The summed E-state index contributed by atoms with van der Waals surface area (Å²) in [5, 5.41) is 9.98. The maximum atomic E-state index is 11.8. The molecular weight excluding hydrogens is 590 g/mol. The topological polar surface area (TPSA) is 122 Å². The highest BCUT2D eigenvalue weighted by molar-refractivity contribution is 7.63. The second-order valence-corrected chi connectivity index (χ2v) is 27.1. The van der Waals surface area contributed by atoms with E-state index in [4.69, 9.17) is 31.9 Å². The molecule has 0 aromatic heterocycles. The Balaban J connectivity index is 2.19. The largest absolute Gasteiger partial charge is 0.409 e. The van der Waals surface area contributed by atoms with Gasteiger partial charge in [0.05, 0.1) is 25.4 Å². The SMILES string of the molecule is C=P(C)(OC[C@H]1O[C@@H](C)[C@@H](O[Si](C)(C)C(C)(C)C)C1O[PH](=O)O)OC1[C@@H](CO)O[C@@H](C)[C@H]1O[Si](C)(C)C(C)(C)C. The summed E-state index contributed by atoms with van der Waals surface area (Å²) >= 11 is 0. The maximum absolute atomic E-state index is 11.8. The molecule has 0 amide bonds. The predicted octanol–water partition coefficient (Wildman–Crippen LogP) is 5.41. The van der Waals surface area contributed by atoms with E-state index in [2.05, 4.69) is 74.0 Å². The minimum atomic E-state index is -3.26. The molecule has 0 aromatic carbocycles. The van der Waals surface area contributed by atoms with Gasteiger partial charge in [-0.2, -0.15) is 0 Å². The van der Waals surface area contributed by atoms with Gasteiger partial charge in [-0.05, 0) is 50.1 Å². The Bertz CT molecular complexity index is 920. The van der Waals surface area contributed by atoms with Crippen molar-refractivity contribution >= 4 is 38.5 Å². The Morgan fingerprint density at radius 2 is 1.27 bits per heavy atom. The fourth-order valence-corrected chi connectivity index (χ4v) is 8.90. The van der Waals surface area contributed by atoms with Crippen molar-refractivity contribution in [2.75, 3.05) is 19.9 Å². The summed E-state index contributed by atoms with van der Waals surface area (Å²) in [4.78, 5) is 9.68. The molecule has 2 aliphatic heterocycles. The van der Waals surface area contributed by atoms with E-state index in [1.54, 1.807) is 6.66 Å². The van der Waals surface area contributed by atoms with Crippen LogP contribution in [0, 0.1) is 0 Å². The molecule has 2 N–H and O–H groups in total. The van der Waals surface area contributed by atoms with Crippen LogP contribution in [-0.2, 0) is 36.5 Å². The fraction of sp³-hybridized carbons (Fsp3) is 0.962. The third-order valence-corrected chi connectivity index (χ3v) is 19.6. The van der Waals surface area contributed by atoms with Crippen LogP contribution in [0.2, 0.25) is 36.3 Å². The number of ether oxygens (including phenoxy) is 2. The van der Waals surface area contributed by atoms with Crippen molar-refractivity contribution in [1.29, 1.82) is 0 Å². The van der Waals surface area contributed by atoms with Crippen LogP contribution in [0.1, 0.15) is 55.4 Å². The molecule has 0 bridgehead atoms. The van der Waals surface area contributed by atoms with Crippen LogP contribution in [0.15, 0.2) is 0 Å². The molecule has 10 nitrogen and oxygen atoms in total. The smallest absolute Gasteiger partial charge is 0.317 e. The van der Waals surface area contributed by atoms with Crippen LogP contribution in [0.3, 0.4) is 0 Å². The molecule has 2 heterocycles. The van der Waals surface area contributed by atoms with Gasteiger partial charge < -0.3 is 41.9 Å². The van der Waals surface area contributed by atoms with E-state index in [1.165, 1.54) is 0 Å². The van der Waals surface area contributed by atoms with E-state index < -0.39 is 62.7 Å². The molecule has 238 valence electrons. The molecule has 0 spiro atoms. The summed E-state index contributed by atoms with van der Waals surface area (Å²) in [6, 6.07) is 0. The molecule has 2 rings (SSSR count). The van der Waals surface area contributed by atoms with Crippen LogP contribution in [0.25, 0.3) is 0 Å². The third-order valence-electron chi connectivity index (χ3n) is 8.83. The second kappa shape index (κ2) is 13.3. The highest BCUT2D eigenvalue weighted by Gasteiger charge is 2.52. The molecule has 4 unspecified atom stereocenters. The van der Waals surface area contributed by atoms with Gasteiger partial charge in [0.15, 0.2) is 16.6 Å². The molecule has 0 aromatic rings. The highest BCUT2D eigenvalue weighted by atomic mass is 31.2. The zero-order valence-corrected chi connectivity index (χ0v) is 30.7. The van der Waals surface area contributed by atoms with Crippen molar-refractivity contribution in [1.82, 2.24) is 0 Å². The van der Waals surface area contributed by atoms with E-state index in [-0.39, 0.29) is 41.6 Å². The fourth-order valence-electron chi connectivity index (χ4n) is 4.37. The summed E-state index contributed by atoms with van der Waals surface area (Å²) in [6.07, 6.45) is 0.128. The molecule has 0 saturated carbocycles. The normalized spacial score (nSPS) is 34.7. The molecular formula is C26H56O10P2Si2. The van der Waals surface area contributed by atoms with Crippen molar-refractivity contribution in [2.45, 2.75) is 140 Å². The first kappa shape index (κ1) is 36.8. The van der Waals surface area contributed by atoms with Gasteiger partial charge in [-0.25, -0.2) is 0 Å². The van der Waals surface area contributed by atoms with Crippen molar-refractivity contribution in [3.63, 3.8) is 0 Å². The van der Waals surface area contributed by atoms with E-state index in [1.807, 2.05) is 13.8 Å². The van der Waals surface area contributed by atoms with Gasteiger partial charge in [0, 0.05) is 6.66 Å². The molecule has 2 saturated heterocycles. The van der Waals surface area contributed by atoms with Gasteiger partial charge in [-0.3, -0.25) is 4.57 Å². The Labute approximate surface area is 245 Å². The van der Waals surface area contributed by atoms with Crippen LogP contribution >= 0.6 is 15.6 Å². The Morgan fingerprint density at radius 3 is 1.68 bits per heavy atom. The van der Waals surface area contributed by atoms with Gasteiger partial charge in [0.25, 0.3) is 0 Å². The number of hydrogen-bond donors (Lipinski definition) is 2. The van der Waals surface area contributed by atoms with E-state index >= 15 is 0 Å². The summed E-state index contributed by atoms with van der Waals surface area (Å²) in [5.74, 6) is 0. The number of rotatable bonds is 12. The first-order valence-corrected chi connectivity index (χ1v) is 23.5. The van der Waals surface area contributed by atoms with Crippen molar-refractivity contribution in [3.05, 3.63) is 0 Å². The number of aliphatic hydroxyl groups excluding tert-OH is 1. The molecule has 2 fully saturated rings. The van der Waals surface area contributed by atoms with E-state index in [0.717, 1.165) is 0 Å². The lowest BCUT2D eigenvalue weighted by atomic mass is 10.1. The molecule has 0 radical (unpaired) electrons. The third kappa shape index (κ3) is 9.06. The first-order chi connectivity index (χ1) is 17.9. The standard InChI is InChI=1S/C26H56O10P2Si2/c1-17-21(35-39(11,12)25(3,4)5)23(33-37(28)29)20(32-17)16-30-38(9,10)34-24-19(15-27)31-18(2)22(24)36-40(13,14)26(6,7)8/h17-24,27,37H,9,15-16H2,1-8,10-14H3,(H,28,29)/t17-,18-,19+,20+,21+,22+,23?,24?,38?/m0/s1. The van der Waals surface area contributed by atoms with Gasteiger partial charge in [-0.15, -0.1) is 0 Å². The van der Waals surface area contributed by atoms with Crippen LogP contribution < -0.4 is 0 Å². The van der Waals surface area contributed by atoms with Crippen LogP contribution in [-0.4, -0.2) is 102 Å². The van der Waals surface area contributed by atoms with Gasteiger partial charge in [-0.1, -0.05) is 47.8 Å². The highest BCUT2D eigenvalue weighted by Crippen LogP contribution is 2.50. The molecule has 10 atom stereocenters. The lowest BCUT2D eigenvalue weighted by Gasteiger charge is -2.41. The number of hydrogen-bond acceptors (Lipinski definition) is 9.